The summed E-state index contributed by atoms with van der Waals surface area (Å²) in [6, 6.07) is 2.80. The van der Waals surface area contributed by atoms with Gasteiger partial charge in [-0.3, -0.25) is 4.79 Å². The van der Waals surface area contributed by atoms with Crippen LogP contribution in [0.25, 0.3) is 0 Å². The van der Waals surface area contributed by atoms with E-state index in [2.05, 4.69) is 15.5 Å². The number of carboxylic acid groups (broad SMARTS) is 1. The van der Waals surface area contributed by atoms with Crippen molar-refractivity contribution in [2.24, 2.45) is 0 Å². The van der Waals surface area contributed by atoms with Crippen LogP contribution < -0.4 is 5.32 Å². The van der Waals surface area contributed by atoms with Gasteiger partial charge in [-0.1, -0.05) is 11.6 Å². The van der Waals surface area contributed by atoms with Crippen LogP contribution in [0.2, 0.25) is 5.15 Å². The first-order valence-electron chi connectivity index (χ1n) is 4.69. The highest BCUT2D eigenvalue weighted by Gasteiger charge is 2.13. The number of carbonyl (C=O) groups excluding carboxylic acids is 1. The van der Waals surface area contributed by atoms with Gasteiger partial charge in [0.15, 0.2) is 17.0 Å². The molecule has 0 bridgehead atoms. The molecule has 8 heteroatoms. The van der Waals surface area contributed by atoms with Gasteiger partial charge in [0.2, 0.25) is 0 Å². The van der Waals surface area contributed by atoms with Crippen molar-refractivity contribution in [3.8, 4) is 0 Å². The number of carbonyl (C=O) groups is 2. The largest absolute Gasteiger partial charge is 0.479 e. The molecule has 0 spiro atoms. The summed E-state index contributed by atoms with van der Waals surface area (Å²) in [5.74, 6) is -1.84. The molecule has 0 fully saturated rings. The lowest BCUT2D eigenvalue weighted by atomic mass is 10.2. The molecular formula is C9H10ClN3O4. The van der Waals surface area contributed by atoms with Crippen molar-refractivity contribution in [2.45, 2.75) is 12.5 Å². The molecule has 1 aromatic rings. The fourth-order valence-corrected chi connectivity index (χ4v) is 1.07. The van der Waals surface area contributed by atoms with Crippen LogP contribution in [0.1, 0.15) is 16.9 Å². The summed E-state index contributed by atoms with van der Waals surface area (Å²) in [6.45, 7) is 0.0244. The van der Waals surface area contributed by atoms with Gasteiger partial charge in [0, 0.05) is 13.0 Å². The maximum Gasteiger partial charge on any atom is 0.332 e. The monoisotopic (exact) mass is 259 g/mol. The average molecular weight is 260 g/mol. The van der Waals surface area contributed by atoms with E-state index in [1.54, 1.807) is 0 Å². The minimum atomic E-state index is -1.49. The molecule has 1 heterocycles. The van der Waals surface area contributed by atoms with Crippen molar-refractivity contribution in [1.82, 2.24) is 15.5 Å². The lowest BCUT2D eigenvalue weighted by Crippen LogP contribution is -2.30. The number of aromatic nitrogens is 2. The Morgan fingerprint density at radius 3 is 2.65 bits per heavy atom. The van der Waals surface area contributed by atoms with E-state index in [0.29, 0.717) is 0 Å². The van der Waals surface area contributed by atoms with E-state index in [9.17, 15) is 9.59 Å². The Kier molecular flexibility index (Phi) is 4.80. The summed E-state index contributed by atoms with van der Waals surface area (Å²) in [6.07, 6.45) is -1.58. The van der Waals surface area contributed by atoms with E-state index in [4.69, 9.17) is 21.8 Å². The molecule has 7 nitrogen and oxygen atoms in total. The first-order valence-corrected chi connectivity index (χ1v) is 5.07. The fraction of sp³-hybridized carbons (Fsp3) is 0.333. The SMILES string of the molecule is O=C(NCC[C@H](O)C(=O)O)c1ccc(Cl)nn1. The minimum Gasteiger partial charge on any atom is -0.479 e. The highest BCUT2D eigenvalue weighted by Crippen LogP contribution is 2.01. The predicted molar refractivity (Wildman–Crippen MR) is 57.6 cm³/mol. The summed E-state index contributed by atoms with van der Waals surface area (Å²) in [4.78, 5) is 21.7. The molecule has 1 rings (SSSR count). The van der Waals surface area contributed by atoms with Crippen LogP contribution in [0, 0.1) is 0 Å². The second kappa shape index (κ2) is 6.12. The Bertz CT molecular complexity index is 409. The normalized spacial score (nSPS) is 11.9. The number of rotatable bonds is 5. The zero-order chi connectivity index (χ0) is 12.8. The number of hydrogen-bond donors (Lipinski definition) is 3. The van der Waals surface area contributed by atoms with Crippen LogP contribution in [0.3, 0.4) is 0 Å². The molecule has 0 aliphatic rings. The maximum atomic E-state index is 11.4. The topological polar surface area (TPSA) is 112 Å². The maximum absolute atomic E-state index is 11.4. The fourth-order valence-electron chi connectivity index (χ4n) is 0.974. The van der Waals surface area contributed by atoms with E-state index in [1.807, 2.05) is 0 Å². The summed E-state index contributed by atoms with van der Waals surface area (Å²) in [7, 11) is 0. The smallest absolute Gasteiger partial charge is 0.332 e. The van der Waals surface area contributed by atoms with E-state index < -0.39 is 18.0 Å². The van der Waals surface area contributed by atoms with Crippen LogP contribution >= 0.6 is 11.6 Å². The number of hydrogen-bond acceptors (Lipinski definition) is 5. The van der Waals surface area contributed by atoms with Gasteiger partial charge in [-0.2, -0.15) is 0 Å². The molecule has 92 valence electrons. The Labute approximate surface area is 101 Å². The summed E-state index contributed by atoms with van der Waals surface area (Å²) in [5.41, 5.74) is 0.0687. The van der Waals surface area contributed by atoms with E-state index in [-0.39, 0.29) is 23.8 Å². The minimum absolute atomic E-state index is 0.0244. The molecule has 0 unspecified atom stereocenters. The number of aliphatic hydroxyl groups excluding tert-OH is 1. The molecule has 0 saturated carbocycles. The van der Waals surface area contributed by atoms with Gasteiger partial charge < -0.3 is 15.5 Å². The summed E-state index contributed by atoms with van der Waals surface area (Å²) in [5, 5.41) is 26.9. The Morgan fingerprint density at radius 2 is 2.12 bits per heavy atom. The number of halogens is 1. The molecule has 0 saturated heterocycles. The van der Waals surface area contributed by atoms with Crippen LogP contribution in [0.15, 0.2) is 12.1 Å². The van der Waals surface area contributed by atoms with Crippen molar-refractivity contribution in [3.05, 3.63) is 23.0 Å². The molecule has 0 radical (unpaired) electrons. The highest BCUT2D eigenvalue weighted by atomic mass is 35.5. The average Bonchev–Trinajstić information content (AvgIpc) is 2.29. The Hall–Kier alpha value is -1.73. The first-order chi connectivity index (χ1) is 8.00. The van der Waals surface area contributed by atoms with Crippen LogP contribution in [0.4, 0.5) is 0 Å². The Morgan fingerprint density at radius 1 is 1.41 bits per heavy atom. The molecule has 1 aromatic heterocycles. The van der Waals surface area contributed by atoms with Crippen molar-refractivity contribution in [1.29, 1.82) is 0 Å². The molecule has 0 aromatic carbocycles. The standard InChI is InChI=1S/C9H10ClN3O4/c10-7-2-1-5(12-13-7)8(15)11-4-3-6(14)9(16)17/h1-2,6,14H,3-4H2,(H,11,15)(H,16,17)/t6-/m0/s1. The van der Waals surface area contributed by atoms with Gasteiger partial charge in [-0.05, 0) is 12.1 Å². The molecule has 0 aliphatic carbocycles. The molecule has 1 amide bonds. The third kappa shape index (κ3) is 4.33. The molecule has 1 atom stereocenters. The third-order valence-corrected chi connectivity index (χ3v) is 2.05. The molecule has 17 heavy (non-hydrogen) atoms. The quantitative estimate of drug-likeness (QED) is 0.669. The third-order valence-electron chi connectivity index (χ3n) is 1.85. The van der Waals surface area contributed by atoms with Gasteiger partial charge in [-0.25, -0.2) is 4.79 Å². The Balaban J connectivity index is 2.40. The molecule has 0 aliphatic heterocycles. The van der Waals surface area contributed by atoms with E-state index >= 15 is 0 Å². The zero-order valence-corrected chi connectivity index (χ0v) is 9.39. The number of nitrogens with one attached hydrogen (secondary N) is 1. The van der Waals surface area contributed by atoms with Gasteiger partial charge >= 0.3 is 5.97 Å². The summed E-state index contributed by atoms with van der Waals surface area (Å²) >= 11 is 5.49. The van der Waals surface area contributed by atoms with Crippen molar-refractivity contribution in [2.75, 3.05) is 6.54 Å². The van der Waals surface area contributed by atoms with Gasteiger partial charge in [-0.15, -0.1) is 10.2 Å². The first kappa shape index (κ1) is 13.3. The van der Waals surface area contributed by atoms with Gasteiger partial charge in [0.05, 0.1) is 0 Å². The second-order valence-electron chi connectivity index (χ2n) is 3.14. The van der Waals surface area contributed by atoms with E-state index in [1.165, 1.54) is 12.1 Å². The lowest BCUT2D eigenvalue weighted by molar-refractivity contribution is -0.146. The van der Waals surface area contributed by atoms with Gasteiger partial charge in [0.1, 0.15) is 0 Å². The van der Waals surface area contributed by atoms with Crippen molar-refractivity contribution < 1.29 is 19.8 Å². The highest BCUT2D eigenvalue weighted by molar-refractivity contribution is 6.29. The number of amides is 1. The van der Waals surface area contributed by atoms with Gasteiger partial charge in [0.25, 0.3) is 5.91 Å². The second-order valence-corrected chi connectivity index (χ2v) is 3.53. The van der Waals surface area contributed by atoms with Crippen molar-refractivity contribution >= 4 is 23.5 Å². The molecule has 3 N–H and O–H groups in total. The van der Waals surface area contributed by atoms with Crippen LogP contribution in [-0.4, -0.2) is 44.9 Å². The zero-order valence-electron chi connectivity index (χ0n) is 8.63. The predicted octanol–water partition coefficient (Wildman–Crippen LogP) is -0.305. The van der Waals surface area contributed by atoms with Crippen molar-refractivity contribution in [3.63, 3.8) is 0 Å². The lowest BCUT2D eigenvalue weighted by Gasteiger charge is -2.06. The number of aliphatic hydroxyl groups is 1. The van der Waals surface area contributed by atoms with E-state index in [0.717, 1.165) is 0 Å². The summed E-state index contributed by atoms with van der Waals surface area (Å²) < 4.78 is 0. The number of aliphatic carboxylic acids is 1. The number of nitrogens with zero attached hydrogens (tertiary/aromatic N) is 2. The van der Waals surface area contributed by atoms with Crippen LogP contribution in [0.5, 0.6) is 0 Å². The van der Waals surface area contributed by atoms with Crippen LogP contribution in [-0.2, 0) is 4.79 Å². The number of carboxylic acids is 1. The molecular weight excluding hydrogens is 250 g/mol.